The van der Waals surface area contributed by atoms with Crippen molar-refractivity contribution in [2.45, 2.75) is 19.9 Å². The summed E-state index contributed by atoms with van der Waals surface area (Å²) in [6.45, 7) is 2.27. The number of nitrogens with zero attached hydrogens (tertiary/aromatic N) is 1. The number of fused-ring (bicyclic) bond motifs is 1. The summed E-state index contributed by atoms with van der Waals surface area (Å²) in [4.78, 5) is 28.4. The van der Waals surface area contributed by atoms with Crippen LogP contribution in [0.4, 0.5) is 11.4 Å². The largest absolute Gasteiger partial charge is 0.497 e. The molecule has 192 valence electrons. The van der Waals surface area contributed by atoms with Gasteiger partial charge in [-0.25, -0.2) is 0 Å². The van der Waals surface area contributed by atoms with E-state index in [1.807, 2.05) is 31.2 Å². The van der Waals surface area contributed by atoms with Gasteiger partial charge in [0, 0.05) is 34.1 Å². The molecule has 1 heterocycles. The molecule has 1 N–H and O–H groups in total. The SMILES string of the molecule is COc1ccc(CN(C(=O)C2CC2C(=O)Nc2ccc(C)c(Cl)c2)c2ccc3c(c2)OCO3)c(OC)c1. The van der Waals surface area contributed by atoms with Crippen molar-refractivity contribution < 1.29 is 28.5 Å². The van der Waals surface area contributed by atoms with Crippen LogP contribution in [0.3, 0.4) is 0 Å². The Hall–Kier alpha value is -3.91. The number of amides is 2. The fourth-order valence-electron chi connectivity index (χ4n) is 4.37. The Morgan fingerprint density at radius 3 is 2.57 bits per heavy atom. The highest BCUT2D eigenvalue weighted by atomic mass is 35.5. The van der Waals surface area contributed by atoms with Crippen LogP contribution >= 0.6 is 11.6 Å². The lowest BCUT2D eigenvalue weighted by Crippen LogP contribution is -2.33. The number of ether oxygens (including phenoxy) is 4. The van der Waals surface area contributed by atoms with Gasteiger partial charge in [0.1, 0.15) is 11.5 Å². The number of nitrogens with one attached hydrogen (secondary N) is 1. The average Bonchev–Trinajstić information content (AvgIpc) is 3.58. The smallest absolute Gasteiger partial charge is 0.231 e. The Bertz CT molecular complexity index is 1360. The normalized spacial score (nSPS) is 17.2. The third-order valence-electron chi connectivity index (χ3n) is 6.64. The topological polar surface area (TPSA) is 86.3 Å². The highest BCUT2D eigenvalue weighted by Gasteiger charge is 2.50. The van der Waals surface area contributed by atoms with E-state index in [2.05, 4.69) is 5.32 Å². The number of hydrogen-bond donors (Lipinski definition) is 1. The van der Waals surface area contributed by atoms with Crippen LogP contribution in [0.15, 0.2) is 54.6 Å². The first-order valence-corrected chi connectivity index (χ1v) is 12.2. The summed E-state index contributed by atoms with van der Waals surface area (Å²) in [7, 11) is 3.16. The molecule has 0 saturated heterocycles. The first-order chi connectivity index (χ1) is 17.9. The van der Waals surface area contributed by atoms with Crippen LogP contribution in [-0.2, 0) is 16.1 Å². The van der Waals surface area contributed by atoms with Crippen LogP contribution in [0.5, 0.6) is 23.0 Å². The molecule has 3 aromatic rings. The number of benzene rings is 3. The van der Waals surface area contributed by atoms with Crippen LogP contribution in [0, 0.1) is 18.8 Å². The van der Waals surface area contributed by atoms with E-state index in [4.69, 9.17) is 30.5 Å². The summed E-state index contributed by atoms with van der Waals surface area (Å²) in [5.41, 5.74) is 2.97. The van der Waals surface area contributed by atoms with E-state index in [1.54, 1.807) is 49.5 Å². The predicted molar refractivity (Wildman–Crippen MR) is 140 cm³/mol. The molecule has 2 atom stereocenters. The molecular formula is C28H27ClN2O6. The molecule has 2 amide bonds. The Labute approximate surface area is 220 Å². The van der Waals surface area contributed by atoms with E-state index in [0.717, 1.165) is 11.1 Å². The van der Waals surface area contributed by atoms with Gasteiger partial charge < -0.3 is 29.2 Å². The molecule has 37 heavy (non-hydrogen) atoms. The molecule has 2 aliphatic rings. The van der Waals surface area contributed by atoms with Gasteiger partial charge in [0.2, 0.25) is 18.6 Å². The first kappa shape index (κ1) is 24.8. The minimum atomic E-state index is -0.449. The maximum absolute atomic E-state index is 13.8. The molecule has 9 heteroatoms. The lowest BCUT2D eigenvalue weighted by molar-refractivity contribution is -0.123. The Kier molecular flexibility index (Phi) is 6.84. The van der Waals surface area contributed by atoms with Crippen molar-refractivity contribution in [2.24, 2.45) is 11.8 Å². The maximum Gasteiger partial charge on any atom is 0.231 e. The summed E-state index contributed by atoms with van der Waals surface area (Å²) in [5.74, 6) is 1.20. The summed E-state index contributed by atoms with van der Waals surface area (Å²) in [5, 5.41) is 3.46. The zero-order valence-corrected chi connectivity index (χ0v) is 21.5. The van der Waals surface area contributed by atoms with Gasteiger partial charge in [-0.1, -0.05) is 17.7 Å². The average molecular weight is 523 g/mol. The summed E-state index contributed by atoms with van der Waals surface area (Å²) >= 11 is 6.19. The Balaban J connectivity index is 1.38. The number of anilines is 2. The molecule has 3 aromatic carbocycles. The van der Waals surface area contributed by atoms with E-state index < -0.39 is 11.8 Å². The molecule has 0 spiro atoms. The monoisotopic (exact) mass is 522 g/mol. The van der Waals surface area contributed by atoms with Gasteiger partial charge in [-0.2, -0.15) is 0 Å². The second kappa shape index (κ2) is 10.2. The van der Waals surface area contributed by atoms with Crippen molar-refractivity contribution in [3.63, 3.8) is 0 Å². The number of hydrogen-bond acceptors (Lipinski definition) is 6. The van der Waals surface area contributed by atoms with Gasteiger partial charge in [-0.15, -0.1) is 0 Å². The molecular weight excluding hydrogens is 496 g/mol. The van der Waals surface area contributed by atoms with Crippen molar-refractivity contribution in [1.29, 1.82) is 0 Å². The van der Waals surface area contributed by atoms with E-state index in [-0.39, 0.29) is 25.2 Å². The number of carbonyl (C=O) groups is 2. The first-order valence-electron chi connectivity index (χ1n) is 11.9. The summed E-state index contributed by atoms with van der Waals surface area (Å²) in [6, 6.07) is 16.2. The quantitative estimate of drug-likeness (QED) is 0.437. The van der Waals surface area contributed by atoms with E-state index >= 15 is 0 Å². The minimum Gasteiger partial charge on any atom is -0.497 e. The number of aryl methyl sites for hydroxylation is 1. The third-order valence-corrected chi connectivity index (χ3v) is 7.05. The van der Waals surface area contributed by atoms with Gasteiger partial charge in [0.15, 0.2) is 11.5 Å². The molecule has 1 saturated carbocycles. The van der Waals surface area contributed by atoms with Gasteiger partial charge in [-0.3, -0.25) is 9.59 Å². The van der Waals surface area contributed by atoms with Crippen LogP contribution in [0.2, 0.25) is 5.02 Å². The van der Waals surface area contributed by atoms with Crippen molar-refractivity contribution in [3.8, 4) is 23.0 Å². The van der Waals surface area contributed by atoms with E-state index in [1.165, 1.54) is 0 Å². The number of carbonyl (C=O) groups excluding carboxylic acids is 2. The summed E-state index contributed by atoms with van der Waals surface area (Å²) in [6.07, 6.45) is 0.463. The Morgan fingerprint density at radius 2 is 1.81 bits per heavy atom. The lowest BCUT2D eigenvalue weighted by Gasteiger charge is -2.25. The fraction of sp³-hybridized carbons (Fsp3) is 0.286. The van der Waals surface area contributed by atoms with Crippen LogP contribution in [-0.4, -0.2) is 32.8 Å². The van der Waals surface area contributed by atoms with Gasteiger partial charge in [0.25, 0.3) is 0 Å². The van der Waals surface area contributed by atoms with Crippen LogP contribution < -0.4 is 29.2 Å². The van der Waals surface area contributed by atoms with Crippen molar-refractivity contribution in [1.82, 2.24) is 0 Å². The van der Waals surface area contributed by atoms with Crippen molar-refractivity contribution >= 4 is 34.8 Å². The van der Waals surface area contributed by atoms with E-state index in [9.17, 15) is 9.59 Å². The summed E-state index contributed by atoms with van der Waals surface area (Å²) < 4.78 is 21.8. The zero-order valence-electron chi connectivity index (χ0n) is 20.7. The molecule has 1 fully saturated rings. The Morgan fingerprint density at radius 1 is 1.00 bits per heavy atom. The fourth-order valence-corrected chi connectivity index (χ4v) is 4.55. The number of methoxy groups -OCH3 is 2. The number of halogens is 1. The van der Waals surface area contributed by atoms with Crippen LogP contribution in [0.25, 0.3) is 0 Å². The molecule has 1 aliphatic carbocycles. The molecule has 0 aromatic heterocycles. The van der Waals surface area contributed by atoms with Crippen molar-refractivity contribution in [3.05, 3.63) is 70.7 Å². The second-order valence-corrected chi connectivity index (χ2v) is 9.45. The van der Waals surface area contributed by atoms with Crippen LogP contribution in [0.1, 0.15) is 17.5 Å². The highest BCUT2D eigenvalue weighted by Crippen LogP contribution is 2.44. The molecule has 1 aliphatic heterocycles. The molecule has 8 nitrogen and oxygen atoms in total. The standard InChI is InChI=1S/C28H27ClN2O6/c1-16-4-6-18(10-23(16)29)30-27(32)21-13-22(21)28(33)31(19-7-9-24-26(11-19)37-15-36-24)14-17-5-8-20(34-2)12-25(17)35-3/h4-12,21-22H,13-15H2,1-3H3,(H,30,32). The highest BCUT2D eigenvalue weighted by molar-refractivity contribution is 6.31. The zero-order chi connectivity index (χ0) is 26.1. The minimum absolute atomic E-state index is 0.132. The molecule has 0 radical (unpaired) electrons. The van der Waals surface area contributed by atoms with E-state index in [0.29, 0.717) is 45.8 Å². The molecule has 2 unspecified atom stereocenters. The molecule has 5 rings (SSSR count). The van der Waals surface area contributed by atoms with Gasteiger partial charge >= 0.3 is 0 Å². The maximum atomic E-state index is 13.8. The number of rotatable bonds is 8. The predicted octanol–water partition coefficient (Wildman–Crippen LogP) is 5.20. The third kappa shape index (κ3) is 5.15. The van der Waals surface area contributed by atoms with Gasteiger partial charge in [0.05, 0.1) is 32.6 Å². The molecule has 0 bridgehead atoms. The lowest BCUT2D eigenvalue weighted by atomic mass is 10.1. The second-order valence-electron chi connectivity index (χ2n) is 9.04. The van der Waals surface area contributed by atoms with Gasteiger partial charge in [-0.05, 0) is 55.3 Å². The van der Waals surface area contributed by atoms with Crippen molar-refractivity contribution in [2.75, 3.05) is 31.2 Å².